The predicted molar refractivity (Wildman–Crippen MR) is 72.0 cm³/mol. The molecule has 17 heavy (non-hydrogen) atoms. The number of imidazole rings is 1. The van der Waals surface area contributed by atoms with E-state index in [1.54, 1.807) is 0 Å². The summed E-state index contributed by atoms with van der Waals surface area (Å²) >= 11 is 11.9. The molecule has 3 rings (SSSR count). The van der Waals surface area contributed by atoms with Crippen LogP contribution in [-0.4, -0.2) is 15.4 Å². The van der Waals surface area contributed by atoms with Crippen LogP contribution in [0.1, 0.15) is 25.2 Å². The molecule has 1 aromatic heterocycles. The first-order valence-corrected chi connectivity index (χ1v) is 6.84. The number of halogens is 2. The Labute approximate surface area is 111 Å². The molecule has 0 N–H and O–H groups in total. The van der Waals surface area contributed by atoms with Crippen LogP contribution in [0.15, 0.2) is 18.2 Å². The molecule has 1 saturated carbocycles. The van der Waals surface area contributed by atoms with Gasteiger partial charge in [-0.05, 0) is 30.5 Å². The summed E-state index contributed by atoms with van der Waals surface area (Å²) in [6, 6.07) is 6.52. The number of nitrogens with zero attached hydrogens (tertiary/aromatic N) is 2. The van der Waals surface area contributed by atoms with Gasteiger partial charge in [0, 0.05) is 23.4 Å². The minimum absolute atomic E-state index is 0.597. The standard InChI is InChI=1S/C13H14Cl2N2/c1-8-6-12(8)17-11-3-2-9(15)7-10(11)16-13(17)4-5-14/h2-3,7-8,12H,4-6H2,1H3. The minimum atomic E-state index is 0.597. The summed E-state index contributed by atoms with van der Waals surface area (Å²) in [5.74, 6) is 2.45. The predicted octanol–water partition coefficient (Wildman–Crippen LogP) is 4.05. The fourth-order valence-corrected chi connectivity index (χ4v) is 2.75. The molecule has 1 heterocycles. The molecule has 1 aliphatic rings. The monoisotopic (exact) mass is 268 g/mol. The fraction of sp³-hybridized carbons (Fsp3) is 0.462. The van der Waals surface area contributed by atoms with Crippen molar-refractivity contribution in [1.82, 2.24) is 9.55 Å². The molecule has 1 aliphatic carbocycles. The second-order valence-corrected chi connectivity index (χ2v) is 5.56. The molecule has 1 fully saturated rings. The Bertz CT molecular complexity index is 562. The van der Waals surface area contributed by atoms with E-state index in [1.807, 2.05) is 12.1 Å². The van der Waals surface area contributed by atoms with Crippen LogP contribution in [0.2, 0.25) is 5.02 Å². The molecule has 0 saturated heterocycles. The zero-order chi connectivity index (χ0) is 12.0. The van der Waals surface area contributed by atoms with Gasteiger partial charge in [0.1, 0.15) is 5.82 Å². The summed E-state index contributed by atoms with van der Waals surface area (Å²) in [4.78, 5) is 4.65. The highest BCUT2D eigenvalue weighted by molar-refractivity contribution is 6.31. The summed E-state index contributed by atoms with van der Waals surface area (Å²) in [5.41, 5.74) is 2.17. The molecule has 0 radical (unpaired) electrons. The van der Waals surface area contributed by atoms with Crippen molar-refractivity contribution in [3.63, 3.8) is 0 Å². The number of aryl methyl sites for hydroxylation is 1. The number of benzene rings is 1. The zero-order valence-electron chi connectivity index (χ0n) is 9.66. The largest absolute Gasteiger partial charge is 0.325 e. The molecular formula is C13H14Cl2N2. The van der Waals surface area contributed by atoms with Gasteiger partial charge in [-0.2, -0.15) is 0 Å². The van der Waals surface area contributed by atoms with E-state index in [-0.39, 0.29) is 0 Å². The van der Waals surface area contributed by atoms with Crippen molar-refractivity contribution >= 4 is 34.2 Å². The van der Waals surface area contributed by atoms with Crippen molar-refractivity contribution in [3.8, 4) is 0 Å². The molecule has 0 bridgehead atoms. The van der Waals surface area contributed by atoms with Crippen LogP contribution in [0.25, 0.3) is 11.0 Å². The number of hydrogen-bond acceptors (Lipinski definition) is 1. The molecule has 2 atom stereocenters. The molecule has 4 heteroatoms. The number of hydrogen-bond donors (Lipinski definition) is 0. The Hall–Kier alpha value is -0.730. The molecule has 2 nitrogen and oxygen atoms in total. The SMILES string of the molecule is CC1CC1n1c(CCCl)nc2cc(Cl)ccc21. The first-order valence-electron chi connectivity index (χ1n) is 5.93. The fourth-order valence-electron chi connectivity index (χ4n) is 2.41. The smallest absolute Gasteiger partial charge is 0.111 e. The van der Waals surface area contributed by atoms with Crippen molar-refractivity contribution in [1.29, 1.82) is 0 Å². The van der Waals surface area contributed by atoms with E-state index in [1.165, 1.54) is 11.9 Å². The Balaban J connectivity index is 2.17. The summed E-state index contributed by atoms with van der Waals surface area (Å²) in [6.07, 6.45) is 2.06. The Morgan fingerprint density at radius 1 is 1.47 bits per heavy atom. The quantitative estimate of drug-likeness (QED) is 0.768. The van der Waals surface area contributed by atoms with E-state index in [2.05, 4.69) is 22.5 Å². The minimum Gasteiger partial charge on any atom is -0.325 e. The topological polar surface area (TPSA) is 17.8 Å². The van der Waals surface area contributed by atoms with Gasteiger partial charge < -0.3 is 4.57 Å². The molecular weight excluding hydrogens is 255 g/mol. The normalized spacial score (nSPS) is 23.2. The van der Waals surface area contributed by atoms with Crippen LogP contribution in [0.4, 0.5) is 0 Å². The van der Waals surface area contributed by atoms with Gasteiger partial charge in [-0.1, -0.05) is 18.5 Å². The molecule has 1 aromatic carbocycles. The molecule has 0 aliphatic heterocycles. The summed E-state index contributed by atoms with van der Waals surface area (Å²) < 4.78 is 2.35. The van der Waals surface area contributed by atoms with Crippen molar-refractivity contribution in [2.24, 2.45) is 5.92 Å². The first-order chi connectivity index (χ1) is 8.20. The van der Waals surface area contributed by atoms with Gasteiger partial charge in [-0.25, -0.2) is 4.98 Å². The van der Waals surface area contributed by atoms with Gasteiger partial charge >= 0.3 is 0 Å². The molecule has 2 aromatic rings. The van der Waals surface area contributed by atoms with Crippen molar-refractivity contribution in [2.75, 3.05) is 5.88 Å². The molecule has 2 unspecified atom stereocenters. The van der Waals surface area contributed by atoms with Crippen molar-refractivity contribution < 1.29 is 0 Å². The van der Waals surface area contributed by atoms with Crippen LogP contribution >= 0.6 is 23.2 Å². The van der Waals surface area contributed by atoms with Gasteiger partial charge in [0.2, 0.25) is 0 Å². The number of aromatic nitrogens is 2. The second-order valence-electron chi connectivity index (χ2n) is 4.75. The third kappa shape index (κ3) is 1.94. The molecule has 90 valence electrons. The third-order valence-electron chi connectivity index (χ3n) is 3.44. The van der Waals surface area contributed by atoms with E-state index < -0.39 is 0 Å². The highest BCUT2D eigenvalue weighted by Crippen LogP contribution is 2.45. The average Bonchev–Trinajstić information content (AvgIpc) is 2.88. The van der Waals surface area contributed by atoms with E-state index >= 15 is 0 Å². The average molecular weight is 269 g/mol. The lowest BCUT2D eigenvalue weighted by molar-refractivity contribution is 0.665. The highest BCUT2D eigenvalue weighted by Gasteiger charge is 2.36. The van der Waals surface area contributed by atoms with Gasteiger partial charge in [0.15, 0.2) is 0 Å². The third-order valence-corrected chi connectivity index (χ3v) is 3.87. The molecule has 0 amide bonds. The van der Waals surface area contributed by atoms with Crippen LogP contribution in [0, 0.1) is 5.92 Å². The lowest BCUT2D eigenvalue weighted by atomic mass is 10.3. The van der Waals surface area contributed by atoms with Gasteiger partial charge in [-0.3, -0.25) is 0 Å². The van der Waals surface area contributed by atoms with E-state index in [9.17, 15) is 0 Å². The maximum atomic E-state index is 6.01. The van der Waals surface area contributed by atoms with Crippen molar-refractivity contribution in [3.05, 3.63) is 29.0 Å². The lowest BCUT2D eigenvalue weighted by Gasteiger charge is -2.07. The summed E-state index contributed by atoms with van der Waals surface area (Å²) in [5, 5.41) is 0.739. The van der Waals surface area contributed by atoms with E-state index in [0.717, 1.165) is 28.7 Å². The van der Waals surface area contributed by atoms with Crippen molar-refractivity contribution in [2.45, 2.75) is 25.8 Å². The Kier molecular flexibility index (Phi) is 2.80. The first kappa shape index (κ1) is 11.4. The second kappa shape index (κ2) is 4.18. The summed E-state index contributed by atoms with van der Waals surface area (Å²) in [6.45, 7) is 2.27. The maximum absolute atomic E-state index is 6.01. The Morgan fingerprint density at radius 3 is 2.88 bits per heavy atom. The molecule has 0 spiro atoms. The van der Waals surface area contributed by atoms with Gasteiger partial charge in [0.05, 0.1) is 11.0 Å². The maximum Gasteiger partial charge on any atom is 0.111 e. The van der Waals surface area contributed by atoms with Gasteiger partial charge in [0.25, 0.3) is 0 Å². The van der Waals surface area contributed by atoms with E-state index in [4.69, 9.17) is 23.2 Å². The lowest BCUT2D eigenvalue weighted by Crippen LogP contribution is -2.03. The highest BCUT2D eigenvalue weighted by atomic mass is 35.5. The Morgan fingerprint density at radius 2 is 2.24 bits per heavy atom. The van der Waals surface area contributed by atoms with Crippen LogP contribution < -0.4 is 0 Å². The van der Waals surface area contributed by atoms with Crippen LogP contribution in [0.3, 0.4) is 0 Å². The number of fused-ring (bicyclic) bond motifs is 1. The summed E-state index contributed by atoms with van der Waals surface area (Å²) in [7, 11) is 0. The van der Waals surface area contributed by atoms with Crippen LogP contribution in [0.5, 0.6) is 0 Å². The van der Waals surface area contributed by atoms with Crippen LogP contribution in [-0.2, 0) is 6.42 Å². The number of rotatable bonds is 3. The zero-order valence-corrected chi connectivity index (χ0v) is 11.2. The van der Waals surface area contributed by atoms with Gasteiger partial charge in [-0.15, -0.1) is 11.6 Å². The van der Waals surface area contributed by atoms with E-state index in [0.29, 0.717) is 11.9 Å². The number of alkyl halides is 1.